The van der Waals surface area contributed by atoms with Crippen molar-refractivity contribution in [2.45, 2.75) is 151 Å². The van der Waals surface area contributed by atoms with Gasteiger partial charge in [0.05, 0.1) is 13.0 Å². The van der Waals surface area contributed by atoms with E-state index in [9.17, 15) is 43.2 Å². The molecule has 9 amide bonds. The summed E-state index contributed by atoms with van der Waals surface area (Å²) >= 11 is 0. The summed E-state index contributed by atoms with van der Waals surface area (Å²) in [4.78, 5) is 131. The molecule has 2 saturated heterocycles. The number of nitrogens with zero attached hydrogens (tertiary/aromatic N) is 2. The largest absolute Gasteiger partial charge is 0.494 e. The van der Waals surface area contributed by atoms with Crippen LogP contribution in [0.4, 0.5) is 0 Å². The van der Waals surface area contributed by atoms with Gasteiger partial charge in [-0.05, 0) is 74.6 Å². The average molecular weight is 1080 g/mol. The van der Waals surface area contributed by atoms with E-state index in [2.05, 4.69) is 36.9 Å². The number of carbonyl (C=O) groups is 9. The van der Waals surface area contributed by atoms with Crippen LogP contribution in [0, 0.1) is 5.92 Å². The number of carbonyl (C=O) groups excluding carboxylic acids is 9. The summed E-state index contributed by atoms with van der Waals surface area (Å²) < 4.78 is 4.95. The first kappa shape index (κ1) is 59.3. The van der Waals surface area contributed by atoms with Gasteiger partial charge in [0.25, 0.3) is 0 Å². The average Bonchev–Trinajstić information content (AvgIpc) is 3.86. The fourth-order valence-corrected chi connectivity index (χ4v) is 12.7. The molecule has 2 aromatic carbocycles. The number of guanidine groups is 1. The topological polar surface area (TPSA) is 355 Å². The highest BCUT2D eigenvalue weighted by Crippen LogP contribution is 2.48. The number of amides is 9. The lowest BCUT2D eigenvalue weighted by Crippen LogP contribution is -2.61. The standard InChI is InChI=1S/C51H74N12O10S2/c1-4-73-33-19-17-32(18-20-33)26-35-44(67)59-36(25-31-13-7-5-8-14-31)46(69)62-42(30(2)3)48(71)60-37(27-40(52)64)45(68)61-38(29-74-75-51(28-41(65)57-35)21-9-6-10-22-51)49(72)63-24-12-16-39(63)47(70)58-34(43(53)66)15-11-23-56-50(54)55/h5,7-8,13-14,17-20,30,34-39,42H,4,6,9-12,15-16,21-29H2,1-3H3,(H2,52,64)(H2,53,66)(H,57,65)(H,58,70)(H,59,67)(H,60,71)(H,61,68)(H,62,69)(H4,54,55,56)/t34-,35?,36?,37-,38?,39-,42-/m0/s1. The van der Waals surface area contributed by atoms with Gasteiger partial charge >= 0.3 is 0 Å². The molecule has 7 atom stereocenters. The fourth-order valence-electron chi connectivity index (χ4n) is 9.38. The first-order valence-electron chi connectivity index (χ1n) is 25.6. The molecule has 2 aromatic rings. The number of aliphatic imine (C=N–C) groups is 1. The Hall–Kier alpha value is -6.56. The fraction of sp³-hybridized carbons (Fsp3) is 0.569. The van der Waals surface area contributed by atoms with Crippen LogP contribution >= 0.6 is 21.6 Å². The highest BCUT2D eigenvalue weighted by Gasteiger charge is 2.42. The van der Waals surface area contributed by atoms with Crippen LogP contribution in [0.3, 0.4) is 0 Å². The van der Waals surface area contributed by atoms with Crippen LogP contribution < -0.4 is 59.6 Å². The predicted octanol–water partition coefficient (Wildman–Crippen LogP) is 0.329. The van der Waals surface area contributed by atoms with E-state index in [4.69, 9.17) is 27.7 Å². The number of nitrogens with one attached hydrogen (secondary N) is 6. The number of hydrogen-bond donors (Lipinski definition) is 10. The molecule has 1 aliphatic carbocycles. The Morgan fingerprint density at radius 2 is 1.41 bits per heavy atom. The van der Waals surface area contributed by atoms with Crippen molar-refractivity contribution in [1.29, 1.82) is 0 Å². The van der Waals surface area contributed by atoms with Gasteiger partial charge in [-0.2, -0.15) is 0 Å². The van der Waals surface area contributed by atoms with Crippen LogP contribution in [0.5, 0.6) is 5.75 Å². The Bertz CT molecular complexity index is 2350. The maximum Gasteiger partial charge on any atom is 0.246 e. The van der Waals surface area contributed by atoms with Gasteiger partial charge < -0.3 is 64.5 Å². The molecule has 3 unspecified atom stereocenters. The molecule has 1 spiro atoms. The SMILES string of the molecule is CCOc1ccc(CC2NC(=O)CC3(CCCCC3)SSCC(C(=O)N3CCC[C@H]3C(=O)N[C@@H](CCCN=C(N)N)C(N)=O)NC(=O)[C@H](CC(N)=O)NC(=O)[C@H](C(C)C)NC(=O)C(Cc3ccccc3)NC2=O)cc1. The van der Waals surface area contributed by atoms with Crippen molar-refractivity contribution >= 4 is 80.7 Å². The first-order valence-corrected chi connectivity index (χ1v) is 27.9. The van der Waals surface area contributed by atoms with Gasteiger partial charge in [-0.25, -0.2) is 0 Å². The van der Waals surface area contributed by atoms with Crippen LogP contribution in [-0.4, -0.2) is 137 Å². The maximum atomic E-state index is 14.8. The van der Waals surface area contributed by atoms with E-state index in [1.807, 2.05) is 6.92 Å². The second kappa shape index (κ2) is 28.9. The molecule has 22 nitrogen and oxygen atoms in total. The minimum absolute atomic E-state index is 0.000376. The van der Waals surface area contributed by atoms with Gasteiger partial charge in [0.15, 0.2) is 5.96 Å². The lowest BCUT2D eigenvalue weighted by atomic mass is 9.85. The molecule has 0 bridgehead atoms. The van der Waals surface area contributed by atoms with Gasteiger partial charge in [0.1, 0.15) is 48.0 Å². The van der Waals surface area contributed by atoms with Crippen LogP contribution in [0.25, 0.3) is 0 Å². The van der Waals surface area contributed by atoms with E-state index in [-0.39, 0.29) is 56.9 Å². The van der Waals surface area contributed by atoms with Gasteiger partial charge in [0, 0.05) is 42.9 Å². The zero-order chi connectivity index (χ0) is 54.7. The van der Waals surface area contributed by atoms with Crippen molar-refractivity contribution in [3.05, 3.63) is 65.7 Å². The van der Waals surface area contributed by atoms with E-state index in [1.54, 1.807) is 68.4 Å². The number of hydrogen-bond acceptors (Lipinski definition) is 13. The minimum Gasteiger partial charge on any atom is -0.494 e. The van der Waals surface area contributed by atoms with Crippen LogP contribution in [0.1, 0.15) is 103 Å². The highest BCUT2D eigenvalue weighted by atomic mass is 33.1. The van der Waals surface area contributed by atoms with Crippen molar-refractivity contribution in [1.82, 2.24) is 36.8 Å². The first-order chi connectivity index (χ1) is 35.8. The van der Waals surface area contributed by atoms with Gasteiger partial charge in [0.2, 0.25) is 53.2 Å². The molecule has 75 heavy (non-hydrogen) atoms. The van der Waals surface area contributed by atoms with Crippen molar-refractivity contribution in [2.75, 3.05) is 25.4 Å². The molecule has 3 aliphatic rings. The number of ether oxygens (including phenoxy) is 1. The van der Waals surface area contributed by atoms with E-state index in [0.717, 1.165) is 19.3 Å². The second-order valence-electron chi connectivity index (χ2n) is 19.6. The van der Waals surface area contributed by atoms with Gasteiger partial charge in [-0.15, -0.1) is 0 Å². The molecular weight excluding hydrogens is 1000 g/mol. The van der Waals surface area contributed by atoms with E-state index < -0.39 is 113 Å². The Morgan fingerprint density at radius 1 is 0.787 bits per heavy atom. The zero-order valence-corrected chi connectivity index (χ0v) is 44.6. The Kier molecular flexibility index (Phi) is 22.9. The lowest BCUT2D eigenvalue weighted by Gasteiger charge is -2.37. The molecule has 2 heterocycles. The summed E-state index contributed by atoms with van der Waals surface area (Å²) in [5, 5.41) is 16.6. The van der Waals surface area contributed by atoms with E-state index in [1.165, 1.54) is 26.5 Å². The number of rotatable bonds is 17. The molecule has 14 N–H and O–H groups in total. The van der Waals surface area contributed by atoms with Crippen LogP contribution in [0.15, 0.2) is 59.6 Å². The zero-order valence-electron chi connectivity index (χ0n) is 42.9. The molecule has 1 saturated carbocycles. The molecule has 0 aromatic heterocycles. The molecule has 24 heteroatoms. The van der Waals surface area contributed by atoms with Crippen molar-refractivity contribution in [3.63, 3.8) is 0 Å². The van der Waals surface area contributed by atoms with E-state index >= 15 is 0 Å². The summed E-state index contributed by atoms with van der Waals surface area (Å²) in [6, 6.07) is 7.17. The lowest BCUT2D eigenvalue weighted by molar-refractivity contribution is -0.142. The third kappa shape index (κ3) is 18.4. The van der Waals surface area contributed by atoms with Crippen molar-refractivity contribution in [3.8, 4) is 5.75 Å². The maximum absolute atomic E-state index is 14.8. The molecule has 3 fully saturated rings. The molecule has 0 radical (unpaired) electrons. The summed E-state index contributed by atoms with van der Waals surface area (Å²) in [6.07, 6.45) is 4.16. The summed E-state index contributed by atoms with van der Waals surface area (Å²) in [5.41, 5.74) is 23.5. The Labute approximate surface area is 445 Å². The molecular formula is C51H74N12O10S2. The number of nitrogens with two attached hydrogens (primary N) is 4. The number of benzene rings is 2. The summed E-state index contributed by atoms with van der Waals surface area (Å²) in [6.45, 7) is 5.92. The Balaban J connectivity index is 1.52. The Morgan fingerprint density at radius 3 is 2.04 bits per heavy atom. The second-order valence-corrected chi connectivity index (χ2v) is 22.4. The van der Waals surface area contributed by atoms with Crippen LogP contribution in [0.2, 0.25) is 0 Å². The third-order valence-corrected chi connectivity index (χ3v) is 16.6. The molecule has 410 valence electrons. The number of likely N-dealkylation sites (tertiary alicyclic amines) is 1. The molecule has 5 rings (SSSR count). The summed E-state index contributed by atoms with van der Waals surface area (Å²) in [7, 11) is 2.63. The minimum atomic E-state index is -1.63. The summed E-state index contributed by atoms with van der Waals surface area (Å²) in [5.74, 6) is -6.86. The normalized spacial score (nSPS) is 23.6. The highest BCUT2D eigenvalue weighted by molar-refractivity contribution is 8.77. The predicted molar refractivity (Wildman–Crippen MR) is 286 cm³/mol. The van der Waals surface area contributed by atoms with Gasteiger partial charge in [-0.1, -0.05) is 97.2 Å². The monoisotopic (exact) mass is 1080 g/mol. The quantitative estimate of drug-likeness (QED) is 0.0442. The van der Waals surface area contributed by atoms with Crippen molar-refractivity contribution in [2.24, 2.45) is 33.8 Å². The van der Waals surface area contributed by atoms with Crippen molar-refractivity contribution < 1.29 is 47.9 Å². The number of primary amides is 2. The van der Waals surface area contributed by atoms with Gasteiger partial charge in [-0.3, -0.25) is 48.1 Å². The smallest absolute Gasteiger partial charge is 0.246 e. The third-order valence-electron chi connectivity index (χ3n) is 13.3. The van der Waals surface area contributed by atoms with Crippen LogP contribution in [-0.2, 0) is 56.0 Å². The molecule has 2 aliphatic heterocycles. The van der Waals surface area contributed by atoms with E-state index in [0.29, 0.717) is 49.2 Å².